The fraction of sp³-hybridized carbons (Fsp3) is 0.455. The zero-order valence-electron chi connectivity index (χ0n) is 8.80. The number of aryl methyl sites for hydroxylation is 1. The van der Waals surface area contributed by atoms with Crippen LogP contribution in [0.2, 0.25) is 0 Å². The SMILES string of the molecule is COc1cc(C)c(F)cc1C[C@H](C)N. The second-order valence-corrected chi connectivity index (χ2v) is 3.59. The Balaban J connectivity index is 3.07. The summed E-state index contributed by atoms with van der Waals surface area (Å²) in [5.74, 6) is 0.502. The average Bonchev–Trinajstić information content (AvgIpc) is 2.10. The Morgan fingerprint density at radius 3 is 2.64 bits per heavy atom. The minimum absolute atomic E-state index is 0.00556. The maximum Gasteiger partial charge on any atom is 0.126 e. The third-order valence-electron chi connectivity index (χ3n) is 2.10. The highest BCUT2D eigenvalue weighted by Crippen LogP contribution is 2.23. The molecule has 0 saturated heterocycles. The molecule has 1 rings (SSSR count). The van der Waals surface area contributed by atoms with Crippen molar-refractivity contribution in [2.24, 2.45) is 5.73 Å². The number of ether oxygens (including phenoxy) is 1. The van der Waals surface area contributed by atoms with Gasteiger partial charge in [0.1, 0.15) is 11.6 Å². The summed E-state index contributed by atoms with van der Waals surface area (Å²) in [4.78, 5) is 0. The maximum atomic E-state index is 13.2. The van der Waals surface area contributed by atoms with Gasteiger partial charge in [-0.25, -0.2) is 4.39 Å². The van der Waals surface area contributed by atoms with Gasteiger partial charge in [-0.1, -0.05) is 0 Å². The molecule has 14 heavy (non-hydrogen) atoms. The Hall–Kier alpha value is -1.09. The van der Waals surface area contributed by atoms with Crippen LogP contribution < -0.4 is 10.5 Å². The molecule has 78 valence electrons. The second kappa shape index (κ2) is 4.42. The molecule has 0 fully saturated rings. The van der Waals surface area contributed by atoms with E-state index in [1.54, 1.807) is 20.1 Å². The highest BCUT2D eigenvalue weighted by molar-refractivity contribution is 5.38. The van der Waals surface area contributed by atoms with E-state index < -0.39 is 0 Å². The van der Waals surface area contributed by atoms with Crippen molar-refractivity contribution in [3.05, 3.63) is 29.1 Å². The number of methoxy groups -OCH3 is 1. The highest BCUT2D eigenvalue weighted by atomic mass is 19.1. The third-order valence-corrected chi connectivity index (χ3v) is 2.10. The van der Waals surface area contributed by atoms with Gasteiger partial charge in [-0.2, -0.15) is 0 Å². The molecule has 0 saturated carbocycles. The van der Waals surface area contributed by atoms with Gasteiger partial charge in [-0.3, -0.25) is 0 Å². The van der Waals surface area contributed by atoms with Gasteiger partial charge in [-0.05, 0) is 43.5 Å². The topological polar surface area (TPSA) is 35.2 Å². The molecule has 0 aliphatic rings. The molecule has 0 aliphatic heterocycles. The van der Waals surface area contributed by atoms with E-state index in [-0.39, 0.29) is 11.9 Å². The lowest BCUT2D eigenvalue weighted by molar-refractivity contribution is 0.406. The van der Waals surface area contributed by atoms with Crippen LogP contribution in [0.4, 0.5) is 4.39 Å². The standard InChI is InChI=1S/C11H16FNO/c1-7-4-11(14-3)9(5-8(2)13)6-10(7)12/h4,6,8H,5,13H2,1-3H3/t8-/m0/s1. The number of halogens is 1. The second-order valence-electron chi connectivity index (χ2n) is 3.59. The molecule has 0 radical (unpaired) electrons. The molecule has 0 amide bonds. The quantitative estimate of drug-likeness (QED) is 0.804. The van der Waals surface area contributed by atoms with Crippen molar-refractivity contribution in [1.29, 1.82) is 0 Å². The Morgan fingerprint density at radius 1 is 1.50 bits per heavy atom. The van der Waals surface area contributed by atoms with Crippen LogP contribution in [-0.4, -0.2) is 13.2 Å². The van der Waals surface area contributed by atoms with E-state index in [1.165, 1.54) is 6.07 Å². The zero-order chi connectivity index (χ0) is 10.7. The molecule has 0 bridgehead atoms. The van der Waals surface area contributed by atoms with Crippen molar-refractivity contribution in [3.63, 3.8) is 0 Å². The van der Waals surface area contributed by atoms with Gasteiger partial charge < -0.3 is 10.5 Å². The number of hydrogen-bond donors (Lipinski definition) is 1. The van der Waals surface area contributed by atoms with E-state index in [1.807, 2.05) is 6.92 Å². The lowest BCUT2D eigenvalue weighted by Gasteiger charge is -2.12. The van der Waals surface area contributed by atoms with Crippen LogP contribution >= 0.6 is 0 Å². The summed E-state index contributed by atoms with van der Waals surface area (Å²) in [7, 11) is 1.58. The van der Waals surface area contributed by atoms with E-state index in [0.717, 1.165) is 5.56 Å². The van der Waals surface area contributed by atoms with Gasteiger partial charge in [0.25, 0.3) is 0 Å². The normalized spacial score (nSPS) is 12.6. The van der Waals surface area contributed by atoms with E-state index >= 15 is 0 Å². The van der Waals surface area contributed by atoms with Crippen LogP contribution in [0.1, 0.15) is 18.1 Å². The summed E-state index contributed by atoms with van der Waals surface area (Å²) >= 11 is 0. The van der Waals surface area contributed by atoms with Gasteiger partial charge in [0.15, 0.2) is 0 Å². The van der Waals surface area contributed by atoms with Crippen LogP contribution in [0.15, 0.2) is 12.1 Å². The fourth-order valence-electron chi connectivity index (χ4n) is 1.39. The first-order chi connectivity index (χ1) is 6.54. The fourth-order valence-corrected chi connectivity index (χ4v) is 1.39. The first-order valence-corrected chi connectivity index (χ1v) is 4.63. The third kappa shape index (κ3) is 2.45. The molecule has 0 unspecified atom stereocenters. The van der Waals surface area contributed by atoms with Crippen LogP contribution in [0, 0.1) is 12.7 Å². The number of nitrogens with two attached hydrogens (primary N) is 1. The largest absolute Gasteiger partial charge is 0.496 e. The highest BCUT2D eigenvalue weighted by Gasteiger charge is 2.09. The molecular formula is C11H16FNO. The van der Waals surface area contributed by atoms with Gasteiger partial charge >= 0.3 is 0 Å². The first-order valence-electron chi connectivity index (χ1n) is 4.63. The summed E-state index contributed by atoms with van der Waals surface area (Å²) in [5, 5.41) is 0. The molecule has 2 nitrogen and oxygen atoms in total. The van der Waals surface area contributed by atoms with Crippen molar-refractivity contribution in [2.75, 3.05) is 7.11 Å². The summed E-state index contributed by atoms with van der Waals surface area (Å²) < 4.78 is 18.4. The minimum atomic E-state index is -0.207. The summed E-state index contributed by atoms with van der Waals surface area (Å²) in [6.07, 6.45) is 0.625. The smallest absolute Gasteiger partial charge is 0.126 e. The van der Waals surface area contributed by atoms with Gasteiger partial charge in [0, 0.05) is 6.04 Å². The van der Waals surface area contributed by atoms with Crippen LogP contribution in [-0.2, 0) is 6.42 Å². The van der Waals surface area contributed by atoms with Crippen molar-refractivity contribution in [1.82, 2.24) is 0 Å². The number of benzene rings is 1. The Morgan fingerprint density at radius 2 is 2.14 bits per heavy atom. The van der Waals surface area contributed by atoms with Crippen molar-refractivity contribution < 1.29 is 9.13 Å². The molecule has 1 aromatic rings. The average molecular weight is 197 g/mol. The molecule has 2 N–H and O–H groups in total. The van der Waals surface area contributed by atoms with Crippen LogP contribution in [0.5, 0.6) is 5.75 Å². The minimum Gasteiger partial charge on any atom is -0.496 e. The molecule has 1 atom stereocenters. The maximum absolute atomic E-state index is 13.2. The van der Waals surface area contributed by atoms with Gasteiger partial charge in [0.05, 0.1) is 7.11 Å². The summed E-state index contributed by atoms with van der Waals surface area (Å²) in [6, 6.07) is 3.20. The Kier molecular flexibility index (Phi) is 3.47. The zero-order valence-corrected chi connectivity index (χ0v) is 8.80. The molecule has 3 heteroatoms. The van der Waals surface area contributed by atoms with Crippen LogP contribution in [0.25, 0.3) is 0 Å². The van der Waals surface area contributed by atoms with Crippen molar-refractivity contribution in [3.8, 4) is 5.75 Å². The lowest BCUT2D eigenvalue weighted by atomic mass is 10.0. The Labute approximate surface area is 83.9 Å². The van der Waals surface area contributed by atoms with Crippen molar-refractivity contribution >= 4 is 0 Å². The molecule has 0 aromatic heterocycles. The summed E-state index contributed by atoms with van der Waals surface area (Å²) in [5.41, 5.74) is 7.08. The molecular weight excluding hydrogens is 181 g/mol. The first kappa shape index (κ1) is 11.0. The predicted octanol–water partition coefficient (Wildman–Crippen LogP) is 2.03. The van der Waals surface area contributed by atoms with E-state index in [2.05, 4.69) is 0 Å². The molecule has 1 aromatic carbocycles. The van der Waals surface area contributed by atoms with Crippen LogP contribution in [0.3, 0.4) is 0 Å². The molecule has 0 spiro atoms. The molecule has 0 heterocycles. The van der Waals surface area contributed by atoms with E-state index in [4.69, 9.17) is 10.5 Å². The van der Waals surface area contributed by atoms with Gasteiger partial charge in [0.2, 0.25) is 0 Å². The van der Waals surface area contributed by atoms with E-state index in [9.17, 15) is 4.39 Å². The molecule has 0 aliphatic carbocycles. The van der Waals surface area contributed by atoms with Gasteiger partial charge in [-0.15, -0.1) is 0 Å². The predicted molar refractivity (Wildman–Crippen MR) is 55.0 cm³/mol. The Bertz CT molecular complexity index is 323. The van der Waals surface area contributed by atoms with Crippen molar-refractivity contribution in [2.45, 2.75) is 26.3 Å². The number of hydrogen-bond acceptors (Lipinski definition) is 2. The summed E-state index contributed by atoms with van der Waals surface area (Å²) in [6.45, 7) is 3.60. The monoisotopic (exact) mass is 197 g/mol. The van der Waals surface area contributed by atoms with E-state index in [0.29, 0.717) is 17.7 Å². The number of rotatable bonds is 3. The lowest BCUT2D eigenvalue weighted by Crippen LogP contribution is -2.18.